The molecule has 0 bridgehead atoms. The maximum atomic E-state index is 9.79. The maximum Gasteiger partial charge on any atom is 0.221 e. The minimum atomic E-state index is 0.185. The number of nitrogens with one attached hydrogen (secondary N) is 1. The van der Waals surface area contributed by atoms with Crippen molar-refractivity contribution in [3.8, 4) is 0 Å². The predicted octanol–water partition coefficient (Wildman–Crippen LogP) is -0.231. The van der Waals surface area contributed by atoms with E-state index >= 15 is 0 Å². The summed E-state index contributed by atoms with van der Waals surface area (Å²) < 4.78 is 4.25. The fraction of sp³-hybridized carbons (Fsp3) is 0.800. The number of hydrogen-bond donors (Lipinski definition) is 1. The Balaban J connectivity index is 0.000000145. The van der Waals surface area contributed by atoms with Gasteiger partial charge in [0.25, 0.3) is 0 Å². The molecule has 0 aliphatic carbocycles. The molecule has 1 heterocycles. The van der Waals surface area contributed by atoms with Gasteiger partial charge in [-0.1, -0.05) is 0 Å². The van der Waals surface area contributed by atoms with Gasteiger partial charge in [0.05, 0.1) is 0 Å². The molecule has 0 saturated carbocycles. The van der Waals surface area contributed by atoms with Crippen LogP contribution in [0.25, 0.3) is 0 Å². The predicted molar refractivity (Wildman–Crippen MR) is 30.6 cm³/mol. The molecule has 3 heteroatoms. The lowest BCUT2D eigenvalue weighted by Crippen LogP contribution is -2.37. The molecule has 0 aromatic rings. The Labute approximate surface area is 49.0 Å². The van der Waals surface area contributed by atoms with Gasteiger partial charge in [-0.15, -0.1) is 0 Å². The summed E-state index contributed by atoms with van der Waals surface area (Å²) in [5.74, 6) is 0.185. The van der Waals surface area contributed by atoms with Crippen LogP contribution >= 0.6 is 0 Å². The first kappa shape index (κ1) is 7.43. The van der Waals surface area contributed by atoms with Crippen LogP contribution in [0.2, 0.25) is 0 Å². The monoisotopic (exact) mass is 117 g/mol. The molecule has 3 nitrogen and oxygen atoms in total. The van der Waals surface area contributed by atoms with Gasteiger partial charge in [-0.2, -0.15) is 0 Å². The first-order valence-electron chi connectivity index (χ1n) is 2.48. The van der Waals surface area contributed by atoms with Gasteiger partial charge in [0, 0.05) is 27.2 Å². The molecule has 1 saturated heterocycles. The summed E-state index contributed by atoms with van der Waals surface area (Å²) in [6, 6.07) is 0. The quantitative estimate of drug-likeness (QED) is 0.445. The molecule has 1 aliphatic heterocycles. The zero-order valence-corrected chi connectivity index (χ0v) is 5.23. The van der Waals surface area contributed by atoms with Crippen molar-refractivity contribution in [2.45, 2.75) is 6.42 Å². The highest BCUT2D eigenvalue weighted by atomic mass is 16.4. The third kappa shape index (κ3) is 3.61. The second kappa shape index (κ2) is 4.59. The lowest BCUT2D eigenvalue weighted by molar-refractivity contribution is -0.125. The number of rotatable bonds is 0. The van der Waals surface area contributed by atoms with Gasteiger partial charge in [-0.05, 0) is 0 Å². The molecule has 0 spiro atoms. The summed E-state index contributed by atoms with van der Waals surface area (Å²) in [6.45, 7) is 0.888. The van der Waals surface area contributed by atoms with Crippen LogP contribution in [0.4, 0.5) is 0 Å². The van der Waals surface area contributed by atoms with Crippen LogP contribution in [-0.4, -0.2) is 26.7 Å². The van der Waals surface area contributed by atoms with Crippen LogP contribution in [-0.2, 0) is 9.53 Å². The van der Waals surface area contributed by atoms with Crippen LogP contribution < -0.4 is 5.32 Å². The smallest absolute Gasteiger partial charge is 0.221 e. The minimum absolute atomic E-state index is 0.185. The Kier molecular flexibility index (Phi) is 4.26. The molecule has 8 heavy (non-hydrogen) atoms. The summed E-state index contributed by atoms with van der Waals surface area (Å²) in [5, 5.41) is 2.57. The number of hydrogen-bond acceptors (Lipinski definition) is 2. The number of methoxy groups -OCH3 is 1. The van der Waals surface area contributed by atoms with Gasteiger partial charge in [-0.3, -0.25) is 4.79 Å². The Morgan fingerprint density at radius 3 is 1.88 bits per heavy atom. The lowest BCUT2D eigenvalue weighted by atomic mass is 10.3. The molecule has 1 rings (SSSR count). The molecular weight excluding hydrogens is 106 g/mol. The highest BCUT2D eigenvalue weighted by molar-refractivity contribution is 5.81. The maximum absolute atomic E-state index is 9.79. The van der Waals surface area contributed by atoms with Gasteiger partial charge >= 0.3 is 0 Å². The molecule has 48 valence electrons. The molecule has 0 aromatic heterocycles. The van der Waals surface area contributed by atoms with Crippen molar-refractivity contribution in [1.29, 1.82) is 0 Å². The number of ether oxygens (including phenoxy) is 1. The van der Waals surface area contributed by atoms with E-state index in [0.717, 1.165) is 13.0 Å². The third-order valence-corrected chi connectivity index (χ3v) is 0.674. The molecule has 0 radical (unpaired) electrons. The Hall–Kier alpha value is -0.570. The number of β-lactam (4-membered cyclic amide) rings is 1. The second-order valence-electron chi connectivity index (χ2n) is 1.51. The largest absolute Gasteiger partial charge is 0.388 e. The van der Waals surface area contributed by atoms with E-state index in [1.54, 1.807) is 14.2 Å². The van der Waals surface area contributed by atoms with E-state index in [-0.39, 0.29) is 5.91 Å². The zero-order chi connectivity index (χ0) is 6.41. The average molecular weight is 117 g/mol. The number of carbonyl (C=O) groups is 1. The third-order valence-electron chi connectivity index (χ3n) is 0.674. The molecule has 0 aromatic carbocycles. The SMILES string of the molecule is COC.O=C1CCN1. The van der Waals surface area contributed by atoms with Crippen LogP contribution in [0.15, 0.2) is 0 Å². The highest BCUT2D eigenvalue weighted by Gasteiger charge is 2.07. The van der Waals surface area contributed by atoms with Gasteiger partial charge < -0.3 is 10.1 Å². The lowest BCUT2D eigenvalue weighted by Gasteiger charge is -2.10. The van der Waals surface area contributed by atoms with E-state index < -0.39 is 0 Å². The zero-order valence-electron chi connectivity index (χ0n) is 5.23. The van der Waals surface area contributed by atoms with Crippen molar-refractivity contribution in [3.63, 3.8) is 0 Å². The topological polar surface area (TPSA) is 38.3 Å². The van der Waals surface area contributed by atoms with Gasteiger partial charge in [0.15, 0.2) is 0 Å². The summed E-state index contributed by atoms with van der Waals surface area (Å²) in [6.07, 6.45) is 0.736. The van der Waals surface area contributed by atoms with E-state index in [0.29, 0.717) is 0 Å². The van der Waals surface area contributed by atoms with E-state index in [1.165, 1.54) is 0 Å². The summed E-state index contributed by atoms with van der Waals surface area (Å²) in [5.41, 5.74) is 0. The van der Waals surface area contributed by atoms with Gasteiger partial charge in [0.1, 0.15) is 0 Å². The van der Waals surface area contributed by atoms with Crippen molar-refractivity contribution in [2.24, 2.45) is 0 Å². The summed E-state index contributed by atoms with van der Waals surface area (Å²) >= 11 is 0. The first-order valence-corrected chi connectivity index (χ1v) is 2.48. The van der Waals surface area contributed by atoms with Crippen LogP contribution in [0.5, 0.6) is 0 Å². The first-order chi connectivity index (χ1) is 3.81. The fourth-order valence-corrected chi connectivity index (χ4v) is 0.227. The minimum Gasteiger partial charge on any atom is -0.388 e. The molecule has 1 amide bonds. The van der Waals surface area contributed by atoms with Crippen LogP contribution in [0, 0.1) is 0 Å². The Morgan fingerprint density at radius 1 is 1.62 bits per heavy atom. The van der Waals surface area contributed by atoms with E-state index in [1.807, 2.05) is 0 Å². The second-order valence-corrected chi connectivity index (χ2v) is 1.51. The van der Waals surface area contributed by atoms with Gasteiger partial charge in [0.2, 0.25) is 5.91 Å². The van der Waals surface area contributed by atoms with E-state index in [4.69, 9.17) is 0 Å². The van der Waals surface area contributed by atoms with Crippen LogP contribution in [0.3, 0.4) is 0 Å². The molecule has 1 fully saturated rings. The molecule has 1 aliphatic rings. The van der Waals surface area contributed by atoms with Crippen molar-refractivity contribution < 1.29 is 9.53 Å². The molecule has 0 unspecified atom stereocenters. The highest BCUT2D eigenvalue weighted by Crippen LogP contribution is 1.85. The normalized spacial score (nSPS) is 15.0. The number of amides is 1. The Morgan fingerprint density at radius 2 is 1.88 bits per heavy atom. The Bertz CT molecular complexity index is 66.8. The standard InChI is InChI=1S/C3H5NO.C2H6O/c5-3-1-2-4-3;1-3-2/h1-2H2,(H,4,5);1-2H3. The van der Waals surface area contributed by atoms with Crippen LogP contribution in [0.1, 0.15) is 6.42 Å². The number of carbonyl (C=O) groups excluding carboxylic acids is 1. The average Bonchev–Trinajstić information content (AvgIpc) is 1.64. The van der Waals surface area contributed by atoms with E-state index in [2.05, 4.69) is 10.1 Å². The summed E-state index contributed by atoms with van der Waals surface area (Å²) in [7, 11) is 3.25. The van der Waals surface area contributed by atoms with Crippen molar-refractivity contribution in [3.05, 3.63) is 0 Å². The summed E-state index contributed by atoms with van der Waals surface area (Å²) in [4.78, 5) is 9.79. The fourth-order valence-electron chi connectivity index (χ4n) is 0.227. The molecule has 0 atom stereocenters. The van der Waals surface area contributed by atoms with Crippen molar-refractivity contribution in [2.75, 3.05) is 20.8 Å². The van der Waals surface area contributed by atoms with E-state index in [9.17, 15) is 4.79 Å². The van der Waals surface area contributed by atoms with Gasteiger partial charge in [-0.25, -0.2) is 0 Å². The molecular formula is C5H11NO2. The van der Waals surface area contributed by atoms with Crippen molar-refractivity contribution >= 4 is 5.91 Å². The van der Waals surface area contributed by atoms with Crippen molar-refractivity contribution in [1.82, 2.24) is 5.32 Å². The molecule has 1 N–H and O–H groups in total.